The number of ether oxygens (including phenoxy) is 1. The molecule has 21 heavy (non-hydrogen) atoms. The van der Waals surface area contributed by atoms with E-state index in [1.807, 2.05) is 26.0 Å². The number of nitrogens with zero attached hydrogens (tertiary/aromatic N) is 1. The standard InChI is InChI=1S/C17H25N3O/c1-3-21-16-6-4-15(5-7-16)17(20-13(2)19)10-8-14(12-18)9-11-17/h4-7,13-14,20H,3,8-11,19H2,1-2H3. The van der Waals surface area contributed by atoms with Crippen LogP contribution in [0.5, 0.6) is 5.75 Å². The molecule has 1 aliphatic rings. The van der Waals surface area contributed by atoms with Crippen LogP contribution < -0.4 is 15.8 Å². The Balaban J connectivity index is 2.22. The predicted molar refractivity (Wildman–Crippen MR) is 83.6 cm³/mol. The Labute approximate surface area is 127 Å². The van der Waals surface area contributed by atoms with Crippen molar-refractivity contribution in [3.05, 3.63) is 29.8 Å². The van der Waals surface area contributed by atoms with Gasteiger partial charge in [0.2, 0.25) is 0 Å². The normalized spacial score (nSPS) is 26.9. The van der Waals surface area contributed by atoms with E-state index in [1.165, 1.54) is 5.56 Å². The average molecular weight is 287 g/mol. The SMILES string of the molecule is CCOc1ccc(C2(NC(C)N)CCC(C#N)CC2)cc1. The maximum atomic E-state index is 9.10. The van der Waals surface area contributed by atoms with E-state index in [1.54, 1.807) is 0 Å². The van der Waals surface area contributed by atoms with Gasteiger partial charge in [-0.05, 0) is 57.2 Å². The molecule has 1 unspecified atom stereocenters. The minimum Gasteiger partial charge on any atom is -0.494 e. The van der Waals surface area contributed by atoms with E-state index in [4.69, 9.17) is 15.7 Å². The molecule has 1 aliphatic carbocycles. The van der Waals surface area contributed by atoms with Crippen molar-refractivity contribution in [2.45, 2.75) is 51.2 Å². The average Bonchev–Trinajstić information content (AvgIpc) is 2.48. The molecule has 1 aromatic rings. The van der Waals surface area contributed by atoms with Gasteiger partial charge in [-0.25, -0.2) is 0 Å². The van der Waals surface area contributed by atoms with Crippen molar-refractivity contribution in [1.82, 2.24) is 5.32 Å². The van der Waals surface area contributed by atoms with Gasteiger partial charge in [0.1, 0.15) is 5.75 Å². The molecule has 0 aromatic heterocycles. The van der Waals surface area contributed by atoms with Crippen LogP contribution >= 0.6 is 0 Å². The molecule has 1 fully saturated rings. The van der Waals surface area contributed by atoms with Crippen molar-refractivity contribution in [2.75, 3.05) is 6.61 Å². The molecule has 0 spiro atoms. The first-order valence-corrected chi connectivity index (χ1v) is 7.76. The van der Waals surface area contributed by atoms with Crippen LogP contribution in [-0.2, 0) is 5.54 Å². The van der Waals surface area contributed by atoms with Crippen molar-refractivity contribution >= 4 is 0 Å². The van der Waals surface area contributed by atoms with Crippen LogP contribution in [0.4, 0.5) is 0 Å². The van der Waals surface area contributed by atoms with E-state index in [9.17, 15) is 0 Å². The van der Waals surface area contributed by atoms with Gasteiger partial charge in [-0.15, -0.1) is 0 Å². The molecular formula is C17H25N3O. The molecule has 4 nitrogen and oxygen atoms in total. The summed E-state index contributed by atoms with van der Waals surface area (Å²) in [5.74, 6) is 1.07. The zero-order valence-corrected chi connectivity index (χ0v) is 12.9. The van der Waals surface area contributed by atoms with Crippen LogP contribution in [0, 0.1) is 17.2 Å². The highest BCUT2D eigenvalue weighted by Gasteiger charge is 2.37. The molecule has 1 aromatic carbocycles. The van der Waals surface area contributed by atoms with E-state index in [0.717, 1.165) is 31.4 Å². The van der Waals surface area contributed by atoms with Crippen molar-refractivity contribution in [3.8, 4) is 11.8 Å². The number of hydrogen-bond acceptors (Lipinski definition) is 4. The second-order valence-corrected chi connectivity index (χ2v) is 5.88. The smallest absolute Gasteiger partial charge is 0.119 e. The predicted octanol–water partition coefficient (Wildman–Crippen LogP) is 2.89. The van der Waals surface area contributed by atoms with Gasteiger partial charge < -0.3 is 10.5 Å². The summed E-state index contributed by atoms with van der Waals surface area (Å²) in [5, 5.41) is 12.6. The van der Waals surface area contributed by atoms with Crippen LogP contribution in [0.2, 0.25) is 0 Å². The van der Waals surface area contributed by atoms with Crippen molar-refractivity contribution < 1.29 is 4.74 Å². The molecule has 2 rings (SSSR count). The Morgan fingerprint density at radius 2 is 2.00 bits per heavy atom. The quantitative estimate of drug-likeness (QED) is 0.817. The molecule has 0 saturated heterocycles. The molecule has 0 amide bonds. The minimum atomic E-state index is -0.119. The highest BCUT2D eigenvalue weighted by atomic mass is 16.5. The molecule has 0 heterocycles. The third kappa shape index (κ3) is 3.75. The number of nitrogens with two attached hydrogens (primary N) is 1. The van der Waals surface area contributed by atoms with Crippen LogP contribution in [0.15, 0.2) is 24.3 Å². The third-order valence-corrected chi connectivity index (χ3v) is 4.24. The van der Waals surface area contributed by atoms with Gasteiger partial charge in [0, 0.05) is 11.5 Å². The van der Waals surface area contributed by atoms with Gasteiger partial charge in [-0.2, -0.15) is 5.26 Å². The van der Waals surface area contributed by atoms with Gasteiger partial charge in [-0.3, -0.25) is 5.32 Å². The third-order valence-electron chi connectivity index (χ3n) is 4.24. The van der Waals surface area contributed by atoms with Crippen LogP contribution in [-0.4, -0.2) is 12.8 Å². The second-order valence-electron chi connectivity index (χ2n) is 5.88. The molecular weight excluding hydrogens is 262 g/mol. The number of rotatable bonds is 5. The van der Waals surface area contributed by atoms with Crippen LogP contribution in [0.1, 0.15) is 45.1 Å². The lowest BCUT2D eigenvalue weighted by Crippen LogP contribution is -2.52. The van der Waals surface area contributed by atoms with Gasteiger partial charge in [0.25, 0.3) is 0 Å². The minimum absolute atomic E-state index is 0.0739. The molecule has 1 saturated carbocycles. The number of benzene rings is 1. The summed E-state index contributed by atoms with van der Waals surface area (Å²) in [4.78, 5) is 0. The molecule has 0 radical (unpaired) electrons. The van der Waals surface area contributed by atoms with Gasteiger partial charge in [0.05, 0.1) is 18.8 Å². The van der Waals surface area contributed by atoms with Crippen LogP contribution in [0.25, 0.3) is 0 Å². The zero-order valence-electron chi connectivity index (χ0n) is 12.9. The number of hydrogen-bond donors (Lipinski definition) is 2. The molecule has 3 N–H and O–H groups in total. The largest absolute Gasteiger partial charge is 0.494 e. The Kier molecular flexibility index (Phi) is 5.22. The Hall–Kier alpha value is -1.57. The first kappa shape index (κ1) is 15.8. The molecule has 1 atom stereocenters. The lowest BCUT2D eigenvalue weighted by atomic mass is 9.73. The van der Waals surface area contributed by atoms with Crippen molar-refractivity contribution in [1.29, 1.82) is 5.26 Å². The number of nitrogens with one attached hydrogen (secondary N) is 1. The van der Waals surface area contributed by atoms with E-state index >= 15 is 0 Å². The van der Waals surface area contributed by atoms with Gasteiger partial charge in [0.15, 0.2) is 0 Å². The lowest BCUT2D eigenvalue weighted by molar-refractivity contribution is 0.193. The van der Waals surface area contributed by atoms with Gasteiger partial charge >= 0.3 is 0 Å². The Bertz CT molecular complexity index is 482. The molecule has 4 heteroatoms. The molecule has 0 aliphatic heterocycles. The number of nitriles is 1. The summed E-state index contributed by atoms with van der Waals surface area (Å²) in [5.41, 5.74) is 7.11. The van der Waals surface area contributed by atoms with Crippen molar-refractivity contribution in [2.24, 2.45) is 11.7 Å². The Morgan fingerprint density at radius 1 is 1.38 bits per heavy atom. The van der Waals surface area contributed by atoms with Gasteiger partial charge in [-0.1, -0.05) is 12.1 Å². The second kappa shape index (κ2) is 6.93. The first-order chi connectivity index (χ1) is 10.1. The first-order valence-electron chi connectivity index (χ1n) is 7.76. The highest BCUT2D eigenvalue weighted by molar-refractivity contribution is 5.32. The van der Waals surface area contributed by atoms with E-state index in [-0.39, 0.29) is 17.6 Å². The fraction of sp³-hybridized carbons (Fsp3) is 0.588. The summed E-state index contributed by atoms with van der Waals surface area (Å²) in [7, 11) is 0. The van der Waals surface area contributed by atoms with E-state index in [2.05, 4.69) is 23.5 Å². The van der Waals surface area contributed by atoms with E-state index < -0.39 is 0 Å². The fourth-order valence-electron chi connectivity index (χ4n) is 3.23. The summed E-state index contributed by atoms with van der Waals surface area (Å²) in [6, 6.07) is 10.7. The summed E-state index contributed by atoms with van der Waals surface area (Å²) >= 11 is 0. The molecule has 114 valence electrons. The monoisotopic (exact) mass is 287 g/mol. The Morgan fingerprint density at radius 3 is 2.48 bits per heavy atom. The highest BCUT2D eigenvalue weighted by Crippen LogP contribution is 2.40. The summed E-state index contributed by atoms with van der Waals surface area (Å²) in [6.07, 6.45) is 3.66. The fourth-order valence-corrected chi connectivity index (χ4v) is 3.23. The maximum absolute atomic E-state index is 9.10. The summed E-state index contributed by atoms with van der Waals surface area (Å²) < 4.78 is 5.51. The summed E-state index contributed by atoms with van der Waals surface area (Å²) in [6.45, 7) is 4.62. The van der Waals surface area contributed by atoms with Crippen molar-refractivity contribution in [3.63, 3.8) is 0 Å². The lowest BCUT2D eigenvalue weighted by Gasteiger charge is -2.41. The molecule has 0 bridgehead atoms. The van der Waals surface area contributed by atoms with Crippen LogP contribution in [0.3, 0.4) is 0 Å². The topological polar surface area (TPSA) is 71.1 Å². The maximum Gasteiger partial charge on any atom is 0.119 e. The van der Waals surface area contributed by atoms with E-state index in [0.29, 0.717) is 6.61 Å². The zero-order chi connectivity index (χ0) is 15.3.